The fraction of sp³-hybridized carbons (Fsp3) is 0.240. The first-order chi connectivity index (χ1) is 16.0. The third-order valence-corrected chi connectivity index (χ3v) is 8.24. The van der Waals surface area contributed by atoms with Crippen molar-refractivity contribution < 1.29 is 4.79 Å². The number of hydrogen-bond donors (Lipinski definition) is 2. The molecule has 0 radical (unpaired) electrons. The van der Waals surface area contributed by atoms with Crippen LogP contribution in [0.3, 0.4) is 0 Å². The largest absolute Gasteiger partial charge is 0.325 e. The molecule has 0 saturated carbocycles. The second-order valence-corrected chi connectivity index (χ2v) is 11.3. The number of carbonyl (C=O) groups excluding carboxylic acids is 1. The van der Waals surface area contributed by atoms with Gasteiger partial charge in [-0.2, -0.15) is 0 Å². The van der Waals surface area contributed by atoms with E-state index in [1.54, 1.807) is 6.92 Å². The van der Waals surface area contributed by atoms with Crippen molar-refractivity contribution in [2.75, 3.05) is 5.32 Å². The molecule has 2 aromatic carbocycles. The third kappa shape index (κ3) is 4.78. The number of fused-ring (bicyclic) bond motifs is 2. The summed E-state index contributed by atoms with van der Waals surface area (Å²) in [5.74, 6) is -0.147. The van der Waals surface area contributed by atoms with Gasteiger partial charge in [-0.05, 0) is 73.6 Å². The number of amides is 1. The Bertz CT molecular complexity index is 1400. The van der Waals surface area contributed by atoms with Crippen LogP contribution in [0.5, 0.6) is 0 Å². The molecule has 1 atom stereocenters. The Hall–Kier alpha value is -2.42. The molecule has 0 aliphatic heterocycles. The number of nitrogens with one attached hydrogen (secondary N) is 2. The normalized spacial score (nSPS) is 14.1. The first kappa shape index (κ1) is 22.4. The van der Waals surface area contributed by atoms with Crippen molar-refractivity contribution in [1.82, 2.24) is 9.97 Å². The molecule has 1 aliphatic rings. The minimum absolute atomic E-state index is 0.147. The predicted octanol–water partition coefficient (Wildman–Crippen LogP) is 6.41. The number of hydrogen-bond acceptors (Lipinski definition) is 5. The lowest BCUT2D eigenvalue weighted by molar-refractivity contribution is -0.115. The average molecular weight is 541 g/mol. The van der Waals surface area contributed by atoms with Crippen LogP contribution < -0.4 is 10.9 Å². The molecule has 168 valence electrons. The summed E-state index contributed by atoms with van der Waals surface area (Å²) in [5.41, 5.74) is 5.36. The SMILES string of the molecule is CC(Sc1nc2scc(-c3ccc4c(c3)CCCC4)c2c(=O)[nH]1)C(=O)Nc1ccc(Br)cc1. The van der Waals surface area contributed by atoms with Crippen molar-refractivity contribution in [2.45, 2.75) is 43.0 Å². The average Bonchev–Trinajstić information content (AvgIpc) is 3.25. The number of aromatic amines is 1. The van der Waals surface area contributed by atoms with Crippen LogP contribution >= 0.6 is 39.0 Å². The Kier molecular flexibility index (Phi) is 6.40. The molecule has 0 spiro atoms. The lowest BCUT2D eigenvalue weighted by Gasteiger charge is -2.16. The quantitative estimate of drug-likeness (QED) is 0.227. The van der Waals surface area contributed by atoms with Crippen molar-refractivity contribution in [2.24, 2.45) is 0 Å². The Morgan fingerprint density at radius 1 is 1.15 bits per heavy atom. The van der Waals surface area contributed by atoms with E-state index in [-0.39, 0.29) is 11.5 Å². The van der Waals surface area contributed by atoms with Gasteiger partial charge in [-0.15, -0.1) is 11.3 Å². The molecule has 4 aromatic rings. The summed E-state index contributed by atoms with van der Waals surface area (Å²) < 4.78 is 0.948. The summed E-state index contributed by atoms with van der Waals surface area (Å²) in [4.78, 5) is 33.8. The van der Waals surface area contributed by atoms with E-state index < -0.39 is 5.25 Å². The second-order valence-electron chi connectivity index (χ2n) is 8.15. The molecule has 2 N–H and O–H groups in total. The molecule has 33 heavy (non-hydrogen) atoms. The summed E-state index contributed by atoms with van der Waals surface area (Å²) in [6.45, 7) is 1.80. The van der Waals surface area contributed by atoms with Gasteiger partial charge in [0.15, 0.2) is 5.16 Å². The minimum atomic E-state index is -0.422. The number of H-pyrrole nitrogens is 1. The number of carbonyl (C=O) groups is 1. The highest BCUT2D eigenvalue weighted by molar-refractivity contribution is 9.10. The van der Waals surface area contributed by atoms with Crippen molar-refractivity contribution >= 4 is 60.8 Å². The Balaban J connectivity index is 1.37. The first-order valence-electron chi connectivity index (χ1n) is 10.8. The van der Waals surface area contributed by atoms with Gasteiger partial charge in [0.05, 0.1) is 10.6 Å². The molecular weight excluding hydrogens is 518 g/mol. The van der Waals surface area contributed by atoms with Crippen LogP contribution in [-0.4, -0.2) is 21.1 Å². The number of thioether (sulfide) groups is 1. The monoisotopic (exact) mass is 539 g/mol. The topological polar surface area (TPSA) is 74.8 Å². The smallest absolute Gasteiger partial charge is 0.260 e. The second kappa shape index (κ2) is 9.44. The van der Waals surface area contributed by atoms with Gasteiger partial charge in [0.2, 0.25) is 5.91 Å². The zero-order valence-corrected chi connectivity index (χ0v) is 21.2. The van der Waals surface area contributed by atoms with E-state index in [0.717, 1.165) is 34.1 Å². The van der Waals surface area contributed by atoms with E-state index in [1.165, 1.54) is 47.1 Å². The number of rotatable bonds is 5. The number of thiophene rings is 1. The van der Waals surface area contributed by atoms with E-state index in [0.29, 0.717) is 15.4 Å². The van der Waals surface area contributed by atoms with Crippen LogP contribution in [0.25, 0.3) is 21.3 Å². The van der Waals surface area contributed by atoms with Gasteiger partial charge in [0, 0.05) is 21.1 Å². The van der Waals surface area contributed by atoms with Gasteiger partial charge in [-0.1, -0.05) is 45.9 Å². The molecular formula is C25H22BrN3O2S2. The van der Waals surface area contributed by atoms with Gasteiger partial charge >= 0.3 is 0 Å². The van der Waals surface area contributed by atoms with Gasteiger partial charge in [-0.25, -0.2) is 4.98 Å². The maximum absolute atomic E-state index is 13.0. The highest BCUT2D eigenvalue weighted by atomic mass is 79.9. The van der Waals surface area contributed by atoms with Gasteiger partial charge in [0.25, 0.3) is 5.56 Å². The summed E-state index contributed by atoms with van der Waals surface area (Å²) in [5, 5.41) is 5.55. The van der Waals surface area contributed by atoms with Crippen molar-refractivity contribution in [3.8, 4) is 11.1 Å². The summed E-state index contributed by atoms with van der Waals surface area (Å²) in [6, 6.07) is 14.0. The third-order valence-electron chi connectivity index (χ3n) is 5.85. The van der Waals surface area contributed by atoms with E-state index >= 15 is 0 Å². The maximum Gasteiger partial charge on any atom is 0.260 e. The van der Waals surface area contributed by atoms with E-state index in [2.05, 4.69) is 49.4 Å². The standard InChI is InChI=1S/C25H22BrN3O2S2/c1-14(22(30)27-19-10-8-18(26)9-11-19)33-25-28-23(31)21-20(13-32-24(21)29-25)17-7-6-15-4-2-3-5-16(15)12-17/h6-14H,2-5H2,1H3,(H,27,30)(H,28,29,31). The van der Waals surface area contributed by atoms with Crippen molar-refractivity contribution in [3.63, 3.8) is 0 Å². The van der Waals surface area contributed by atoms with E-state index in [9.17, 15) is 9.59 Å². The summed E-state index contributed by atoms with van der Waals surface area (Å²) in [6.07, 6.45) is 4.70. The maximum atomic E-state index is 13.0. The Labute approximate surface area is 208 Å². The molecule has 5 rings (SSSR count). The number of benzene rings is 2. The molecule has 8 heteroatoms. The van der Waals surface area contributed by atoms with E-state index in [4.69, 9.17) is 0 Å². The lowest BCUT2D eigenvalue weighted by Crippen LogP contribution is -2.23. The number of aromatic nitrogens is 2. The first-order valence-corrected chi connectivity index (χ1v) is 13.4. The molecule has 0 bridgehead atoms. The highest BCUT2D eigenvalue weighted by Crippen LogP contribution is 2.34. The van der Waals surface area contributed by atoms with Gasteiger partial charge in [0.1, 0.15) is 4.83 Å². The van der Waals surface area contributed by atoms with Crippen LogP contribution in [0.15, 0.2) is 62.3 Å². The van der Waals surface area contributed by atoms with Crippen molar-refractivity contribution in [3.05, 3.63) is 73.8 Å². The summed E-state index contributed by atoms with van der Waals surface area (Å²) >= 11 is 6.10. The van der Waals surface area contributed by atoms with Crippen LogP contribution in [0, 0.1) is 0 Å². The fourth-order valence-electron chi connectivity index (χ4n) is 4.10. The number of nitrogens with zero attached hydrogens (tertiary/aromatic N) is 1. The molecule has 2 heterocycles. The molecule has 1 aliphatic carbocycles. The molecule has 1 unspecified atom stereocenters. The number of halogens is 1. The van der Waals surface area contributed by atoms with Crippen LogP contribution in [0.2, 0.25) is 0 Å². The number of anilines is 1. The number of aryl methyl sites for hydroxylation is 2. The zero-order valence-electron chi connectivity index (χ0n) is 18.0. The fourth-order valence-corrected chi connectivity index (χ4v) is 6.16. The molecule has 0 saturated heterocycles. The molecule has 5 nitrogen and oxygen atoms in total. The molecule has 1 amide bonds. The van der Waals surface area contributed by atoms with Crippen LogP contribution in [0.1, 0.15) is 30.9 Å². The molecule has 2 aromatic heterocycles. The Morgan fingerprint density at radius 2 is 1.91 bits per heavy atom. The van der Waals surface area contributed by atoms with Gasteiger partial charge in [-0.3, -0.25) is 9.59 Å². The van der Waals surface area contributed by atoms with E-state index in [1.807, 2.05) is 29.6 Å². The highest BCUT2D eigenvalue weighted by Gasteiger charge is 2.19. The Morgan fingerprint density at radius 3 is 2.70 bits per heavy atom. The molecule has 0 fully saturated rings. The zero-order chi connectivity index (χ0) is 22.9. The van der Waals surface area contributed by atoms with Crippen LogP contribution in [0.4, 0.5) is 5.69 Å². The minimum Gasteiger partial charge on any atom is -0.325 e. The van der Waals surface area contributed by atoms with Crippen LogP contribution in [-0.2, 0) is 17.6 Å². The summed E-state index contributed by atoms with van der Waals surface area (Å²) in [7, 11) is 0. The lowest BCUT2D eigenvalue weighted by atomic mass is 9.89. The van der Waals surface area contributed by atoms with Gasteiger partial charge < -0.3 is 10.3 Å². The predicted molar refractivity (Wildman–Crippen MR) is 140 cm³/mol. The van der Waals surface area contributed by atoms with Crippen molar-refractivity contribution in [1.29, 1.82) is 0 Å².